The van der Waals surface area contributed by atoms with E-state index < -0.39 is 13.8 Å². The molecular weight excluding hydrogens is 350 g/mol. The van der Waals surface area contributed by atoms with E-state index in [1.807, 2.05) is 0 Å². The Hall–Kier alpha value is 0.1000. The van der Waals surface area contributed by atoms with Gasteiger partial charge in [0.1, 0.15) is 0 Å². The zero-order valence-electron chi connectivity index (χ0n) is 14.9. The van der Waals surface area contributed by atoms with E-state index in [1.165, 1.54) is 25.7 Å². The number of hydrogen-bond acceptors (Lipinski definition) is 3. The number of unbranched alkanes of at least 4 members (excludes halogenated alkanes) is 8. The number of carbonyl (C=O) groups excluding carboxylic acids is 1. The Balaban J connectivity index is 0. The SMILES string of the molecule is CCCCC/C=C\C/C=C\CCCCCCCC(=O)OP(=O)(O)O.[NaH]. The zero-order chi connectivity index (χ0) is 18.1. The standard InChI is InChI=1S/C18H33O5P.Na.H/c1-2-3-4-5-6-7-8-9-10-11-12-13-14-15-16-17-18(19)23-24(20,21)22;;/h6-7,9-10H,2-5,8,11-17H2,1H3,(H2,20,21,22);;/b7-6-,10-9-;;. The van der Waals surface area contributed by atoms with Gasteiger partial charge in [0.05, 0.1) is 0 Å². The van der Waals surface area contributed by atoms with E-state index in [4.69, 9.17) is 9.79 Å². The normalized spacial score (nSPS) is 11.8. The van der Waals surface area contributed by atoms with Gasteiger partial charge in [0.15, 0.2) is 0 Å². The molecule has 0 saturated heterocycles. The van der Waals surface area contributed by atoms with Crippen LogP contribution in [0.2, 0.25) is 0 Å². The molecular formula is C18H34NaO5P. The summed E-state index contributed by atoms with van der Waals surface area (Å²) in [6, 6.07) is 0. The molecule has 25 heavy (non-hydrogen) atoms. The summed E-state index contributed by atoms with van der Waals surface area (Å²) in [6.07, 6.45) is 20.8. The van der Waals surface area contributed by atoms with Crippen molar-refractivity contribution in [3.8, 4) is 0 Å². The van der Waals surface area contributed by atoms with Gasteiger partial charge in [-0.15, -0.1) is 0 Å². The maximum atomic E-state index is 11.1. The molecule has 0 rings (SSSR count). The van der Waals surface area contributed by atoms with Crippen LogP contribution in [-0.4, -0.2) is 45.3 Å². The molecule has 0 aliphatic heterocycles. The molecule has 0 fully saturated rings. The summed E-state index contributed by atoms with van der Waals surface area (Å²) in [5, 5.41) is 0. The molecule has 0 unspecified atom stereocenters. The first-order valence-electron chi connectivity index (χ1n) is 9.03. The molecule has 7 heteroatoms. The number of phosphoric acid groups is 1. The van der Waals surface area contributed by atoms with Gasteiger partial charge in [-0.05, 0) is 38.5 Å². The molecule has 0 radical (unpaired) electrons. The molecule has 142 valence electrons. The van der Waals surface area contributed by atoms with Gasteiger partial charge in [-0.3, -0.25) is 14.6 Å². The van der Waals surface area contributed by atoms with Gasteiger partial charge < -0.3 is 4.52 Å². The molecule has 0 aromatic heterocycles. The number of carbonyl (C=O) groups is 1. The molecule has 0 amide bonds. The topological polar surface area (TPSA) is 83.8 Å². The second kappa shape index (κ2) is 18.9. The van der Waals surface area contributed by atoms with Crippen molar-refractivity contribution in [2.75, 3.05) is 0 Å². The Bertz CT molecular complexity index is 418. The van der Waals surface area contributed by atoms with Crippen LogP contribution in [0.3, 0.4) is 0 Å². The van der Waals surface area contributed by atoms with E-state index in [2.05, 4.69) is 35.8 Å². The molecule has 0 saturated carbocycles. The van der Waals surface area contributed by atoms with Crippen molar-refractivity contribution in [2.45, 2.75) is 84.0 Å². The number of allylic oxidation sites excluding steroid dienone is 4. The van der Waals surface area contributed by atoms with Gasteiger partial charge in [-0.25, -0.2) is 4.57 Å². The average Bonchev–Trinajstić information content (AvgIpc) is 2.49. The van der Waals surface area contributed by atoms with E-state index in [-0.39, 0.29) is 36.0 Å². The van der Waals surface area contributed by atoms with Gasteiger partial charge in [-0.2, -0.15) is 0 Å². The van der Waals surface area contributed by atoms with Crippen molar-refractivity contribution in [1.29, 1.82) is 0 Å². The average molecular weight is 384 g/mol. The Morgan fingerprint density at radius 3 is 1.96 bits per heavy atom. The van der Waals surface area contributed by atoms with Gasteiger partial charge in [0, 0.05) is 6.42 Å². The predicted octanol–water partition coefficient (Wildman–Crippen LogP) is 4.79. The van der Waals surface area contributed by atoms with Crippen molar-refractivity contribution in [1.82, 2.24) is 0 Å². The third-order valence-corrected chi connectivity index (χ3v) is 3.99. The summed E-state index contributed by atoms with van der Waals surface area (Å²) in [7, 11) is -4.67. The molecule has 0 aliphatic carbocycles. The fourth-order valence-corrected chi connectivity index (χ4v) is 2.62. The molecule has 0 aromatic carbocycles. The summed E-state index contributed by atoms with van der Waals surface area (Å²) < 4.78 is 14.4. The number of phosphoric ester groups is 1. The minimum absolute atomic E-state index is 0. The molecule has 5 nitrogen and oxygen atoms in total. The van der Waals surface area contributed by atoms with Gasteiger partial charge in [-0.1, -0.05) is 63.3 Å². The predicted molar refractivity (Wildman–Crippen MR) is 105 cm³/mol. The van der Waals surface area contributed by atoms with Crippen molar-refractivity contribution in [3.05, 3.63) is 24.3 Å². The van der Waals surface area contributed by atoms with Crippen LogP contribution in [0.15, 0.2) is 24.3 Å². The Morgan fingerprint density at radius 2 is 1.40 bits per heavy atom. The summed E-state index contributed by atoms with van der Waals surface area (Å²) in [4.78, 5) is 28.0. The number of rotatable bonds is 15. The van der Waals surface area contributed by atoms with Crippen LogP contribution in [-0.2, 0) is 13.9 Å². The first-order chi connectivity index (χ1) is 11.5. The summed E-state index contributed by atoms with van der Waals surface area (Å²) in [5.74, 6) is -0.825. The van der Waals surface area contributed by atoms with Crippen LogP contribution in [0, 0.1) is 0 Å². The van der Waals surface area contributed by atoms with Crippen LogP contribution < -0.4 is 0 Å². The van der Waals surface area contributed by atoms with Gasteiger partial charge in [0.25, 0.3) is 0 Å². The van der Waals surface area contributed by atoms with Crippen molar-refractivity contribution < 1.29 is 23.7 Å². The monoisotopic (exact) mass is 384 g/mol. The third kappa shape index (κ3) is 24.1. The van der Waals surface area contributed by atoms with E-state index in [0.717, 1.165) is 38.5 Å². The molecule has 0 bridgehead atoms. The van der Waals surface area contributed by atoms with Crippen LogP contribution in [0.5, 0.6) is 0 Å². The van der Waals surface area contributed by atoms with Crippen molar-refractivity contribution in [3.63, 3.8) is 0 Å². The van der Waals surface area contributed by atoms with Gasteiger partial charge >= 0.3 is 43.3 Å². The maximum absolute atomic E-state index is 11.1. The fourth-order valence-electron chi connectivity index (χ4n) is 2.26. The van der Waals surface area contributed by atoms with E-state index in [1.54, 1.807) is 0 Å². The molecule has 0 heterocycles. The molecule has 0 spiro atoms. The Kier molecular flexibility index (Phi) is 20.6. The molecule has 0 atom stereocenters. The van der Waals surface area contributed by atoms with E-state index in [0.29, 0.717) is 6.42 Å². The Labute approximate surface area is 174 Å². The molecule has 2 N–H and O–H groups in total. The molecule has 0 aliphatic rings. The Morgan fingerprint density at radius 1 is 0.880 bits per heavy atom. The third-order valence-electron chi connectivity index (χ3n) is 3.55. The zero-order valence-corrected chi connectivity index (χ0v) is 15.8. The second-order valence-corrected chi connectivity index (χ2v) is 7.10. The van der Waals surface area contributed by atoms with E-state index >= 15 is 0 Å². The van der Waals surface area contributed by atoms with Gasteiger partial charge in [0.2, 0.25) is 0 Å². The van der Waals surface area contributed by atoms with Crippen molar-refractivity contribution in [2.24, 2.45) is 0 Å². The molecule has 0 aromatic rings. The number of hydrogen-bond donors (Lipinski definition) is 2. The second-order valence-electron chi connectivity index (χ2n) is 5.93. The van der Waals surface area contributed by atoms with Crippen molar-refractivity contribution >= 4 is 43.3 Å². The van der Waals surface area contributed by atoms with Crippen LogP contribution in [0.25, 0.3) is 0 Å². The summed E-state index contributed by atoms with van der Waals surface area (Å²) in [5.41, 5.74) is 0. The fraction of sp³-hybridized carbons (Fsp3) is 0.722. The summed E-state index contributed by atoms with van der Waals surface area (Å²) in [6.45, 7) is 2.22. The van der Waals surface area contributed by atoms with Crippen LogP contribution in [0.4, 0.5) is 0 Å². The quantitative estimate of drug-likeness (QED) is 0.184. The van der Waals surface area contributed by atoms with Crippen LogP contribution >= 0.6 is 7.82 Å². The minimum atomic E-state index is -4.67. The summed E-state index contributed by atoms with van der Waals surface area (Å²) >= 11 is 0. The van der Waals surface area contributed by atoms with E-state index in [9.17, 15) is 9.36 Å². The first kappa shape index (κ1) is 27.3. The first-order valence-corrected chi connectivity index (χ1v) is 10.6. The van der Waals surface area contributed by atoms with Crippen LogP contribution in [0.1, 0.15) is 84.0 Å².